The number of aliphatic hydroxyl groups excluding tert-OH is 3. The first-order chi connectivity index (χ1) is 11.6. The van der Waals surface area contributed by atoms with Crippen molar-refractivity contribution < 1.29 is 46.9 Å². The number of hydrogen-bond donors (Lipinski definition) is 3. The monoisotopic (exact) mass is 380 g/mol. The summed E-state index contributed by atoms with van der Waals surface area (Å²) in [4.78, 5) is 9.95. The molecule has 0 radical (unpaired) electrons. The Morgan fingerprint density at radius 1 is 1.20 bits per heavy atom. The fourth-order valence-corrected chi connectivity index (χ4v) is 2.65. The fourth-order valence-electron chi connectivity index (χ4n) is 2.17. The summed E-state index contributed by atoms with van der Waals surface area (Å²) in [5, 5.41) is 39.4. The third kappa shape index (κ3) is 4.82. The average Bonchev–Trinajstić information content (AvgIpc) is 2.53. The van der Waals surface area contributed by atoms with Gasteiger partial charge in [0.1, 0.15) is 24.1 Å². The molecule has 0 bridgehead atoms. The summed E-state index contributed by atoms with van der Waals surface area (Å²) in [7, 11) is -5.28. The lowest BCUT2D eigenvalue weighted by atomic mass is 9.99. The molecule has 1 aliphatic rings. The smallest absolute Gasteiger partial charge is 0.269 e. The lowest BCUT2D eigenvalue weighted by Gasteiger charge is -2.41. The Balaban J connectivity index is 2.24. The molecule has 1 heterocycles. The van der Waals surface area contributed by atoms with E-state index in [1.807, 2.05) is 0 Å². The third-order valence-electron chi connectivity index (χ3n) is 3.35. The van der Waals surface area contributed by atoms with Crippen LogP contribution in [0.5, 0.6) is 5.75 Å². The molecule has 0 spiro atoms. The summed E-state index contributed by atoms with van der Waals surface area (Å²) in [5.74, 6) is -0.0345. The molecule has 1 aromatic carbocycles. The van der Waals surface area contributed by atoms with Crippen LogP contribution in [0.1, 0.15) is 0 Å². The van der Waals surface area contributed by atoms with Crippen molar-refractivity contribution in [1.82, 2.24) is 0 Å². The number of benzene rings is 1. The van der Waals surface area contributed by atoms with Gasteiger partial charge in [0.05, 0.1) is 11.5 Å². The zero-order valence-electron chi connectivity index (χ0n) is 12.4. The van der Waals surface area contributed by atoms with Crippen LogP contribution in [0.15, 0.2) is 24.3 Å². The van der Waals surface area contributed by atoms with Gasteiger partial charge in [-0.15, -0.1) is 0 Å². The number of nitrogens with zero attached hydrogens (tertiary/aromatic N) is 1. The van der Waals surface area contributed by atoms with Crippen LogP contribution in [0.4, 0.5) is 5.69 Å². The highest BCUT2D eigenvalue weighted by Gasteiger charge is 2.47. The summed E-state index contributed by atoms with van der Waals surface area (Å²) in [6, 6.07) is 4.51. The predicted molar refractivity (Wildman–Crippen MR) is 76.1 cm³/mol. The summed E-state index contributed by atoms with van der Waals surface area (Å²) in [5.41, 5.74) is -0.240. The van der Waals surface area contributed by atoms with E-state index in [-0.39, 0.29) is 11.4 Å². The lowest BCUT2D eigenvalue weighted by Crippen LogP contribution is -2.61. The van der Waals surface area contributed by atoms with Crippen molar-refractivity contribution in [3.05, 3.63) is 34.4 Å². The van der Waals surface area contributed by atoms with Crippen LogP contribution < -0.4 is 4.74 Å². The normalized spacial score (nSPS) is 30.0. The number of aliphatic hydroxyl groups is 3. The van der Waals surface area contributed by atoms with Crippen LogP contribution in [0.25, 0.3) is 0 Å². The first-order valence-electron chi connectivity index (χ1n) is 6.80. The minimum Gasteiger partial charge on any atom is -0.726 e. The molecular weight excluding hydrogens is 366 g/mol. The number of non-ortho nitro benzene ring substituents is 1. The third-order valence-corrected chi connectivity index (χ3v) is 3.81. The quantitative estimate of drug-likeness (QED) is 0.220. The molecule has 0 saturated carbocycles. The Hall–Kier alpha value is -1.87. The number of nitro groups is 1. The second-order valence-electron chi connectivity index (χ2n) is 5.04. The van der Waals surface area contributed by atoms with Crippen LogP contribution in [-0.2, 0) is 19.3 Å². The van der Waals surface area contributed by atoms with Gasteiger partial charge in [0.25, 0.3) is 5.69 Å². The minimum atomic E-state index is -5.28. The largest absolute Gasteiger partial charge is 0.726 e. The average molecular weight is 380 g/mol. The van der Waals surface area contributed by atoms with E-state index in [2.05, 4.69) is 4.18 Å². The summed E-state index contributed by atoms with van der Waals surface area (Å²) < 4.78 is 47.0. The molecule has 1 aliphatic heterocycles. The predicted octanol–water partition coefficient (Wildman–Crippen LogP) is -1.74. The number of nitro benzene ring substituents is 1. The van der Waals surface area contributed by atoms with Crippen molar-refractivity contribution in [3.8, 4) is 5.75 Å². The van der Waals surface area contributed by atoms with E-state index < -0.39 is 52.6 Å². The minimum absolute atomic E-state index is 0.0345. The number of hydrogen-bond acceptors (Lipinski definition) is 11. The zero-order chi connectivity index (χ0) is 18.8. The molecule has 140 valence electrons. The van der Waals surface area contributed by atoms with Crippen molar-refractivity contribution in [1.29, 1.82) is 0 Å². The van der Waals surface area contributed by atoms with Crippen molar-refractivity contribution in [2.24, 2.45) is 0 Å². The fraction of sp³-hybridized carbons (Fsp3) is 0.500. The summed E-state index contributed by atoms with van der Waals surface area (Å²) in [6.45, 7) is -0.741. The molecule has 25 heavy (non-hydrogen) atoms. The Bertz CT molecular complexity index is 706. The highest BCUT2D eigenvalue weighted by molar-refractivity contribution is 7.80. The van der Waals surface area contributed by atoms with Gasteiger partial charge in [-0.05, 0) is 12.1 Å². The lowest BCUT2D eigenvalue weighted by molar-refractivity contribution is -0.384. The van der Waals surface area contributed by atoms with Crippen LogP contribution >= 0.6 is 0 Å². The van der Waals surface area contributed by atoms with Gasteiger partial charge in [0.15, 0.2) is 6.10 Å². The second-order valence-corrected chi connectivity index (χ2v) is 6.05. The Morgan fingerprint density at radius 3 is 2.28 bits per heavy atom. The van der Waals surface area contributed by atoms with Gasteiger partial charge in [-0.1, -0.05) is 0 Å². The molecule has 5 atom stereocenters. The molecule has 12 nitrogen and oxygen atoms in total. The highest BCUT2D eigenvalue weighted by Crippen LogP contribution is 2.28. The molecule has 3 N–H and O–H groups in total. The van der Waals surface area contributed by atoms with E-state index in [0.717, 1.165) is 24.3 Å². The maximum Gasteiger partial charge on any atom is 0.269 e. The van der Waals surface area contributed by atoms with E-state index in [0.29, 0.717) is 0 Å². The van der Waals surface area contributed by atoms with E-state index in [1.54, 1.807) is 0 Å². The van der Waals surface area contributed by atoms with E-state index in [1.165, 1.54) is 0 Å². The van der Waals surface area contributed by atoms with Gasteiger partial charge in [-0.3, -0.25) is 14.3 Å². The van der Waals surface area contributed by atoms with Crippen LogP contribution in [0.2, 0.25) is 0 Å². The number of ether oxygens (including phenoxy) is 2. The van der Waals surface area contributed by atoms with Crippen LogP contribution in [0, 0.1) is 10.1 Å². The highest BCUT2D eigenvalue weighted by atomic mass is 32.3. The molecule has 1 fully saturated rings. The van der Waals surface area contributed by atoms with Crippen LogP contribution in [-0.4, -0.2) is 70.5 Å². The van der Waals surface area contributed by atoms with Crippen molar-refractivity contribution in [2.45, 2.75) is 30.7 Å². The van der Waals surface area contributed by atoms with Gasteiger partial charge < -0.3 is 29.3 Å². The molecule has 0 aromatic heterocycles. The summed E-state index contributed by atoms with van der Waals surface area (Å²) >= 11 is 0. The zero-order valence-corrected chi connectivity index (χ0v) is 13.2. The van der Waals surface area contributed by atoms with Crippen molar-refractivity contribution in [3.63, 3.8) is 0 Å². The molecule has 0 unspecified atom stereocenters. The molecule has 2 rings (SSSR count). The topological polar surface area (TPSA) is 189 Å². The second kappa shape index (κ2) is 7.57. The number of rotatable bonds is 6. The standard InChI is InChI=1S/C12H15NO11S/c14-5-8-9(15)10(16)11(24-25(19,20)21)12(23-8)22-7-3-1-6(2-4-7)13(17)18/h1-4,8-12,14-16H,5H2,(H,19,20,21)/p-1/t8-,9-,10+,11-,12+/m1/s1. The Kier molecular flexibility index (Phi) is 5.89. The van der Waals surface area contributed by atoms with Gasteiger partial charge in [-0.25, -0.2) is 8.42 Å². The molecule has 1 aromatic rings. The first-order valence-corrected chi connectivity index (χ1v) is 8.13. The Morgan fingerprint density at radius 2 is 1.80 bits per heavy atom. The van der Waals surface area contributed by atoms with Crippen LogP contribution in [0.3, 0.4) is 0 Å². The van der Waals surface area contributed by atoms with Gasteiger partial charge in [-0.2, -0.15) is 0 Å². The Labute approximate surface area is 141 Å². The molecule has 0 aliphatic carbocycles. The first kappa shape index (κ1) is 19.5. The van der Waals surface area contributed by atoms with E-state index in [4.69, 9.17) is 14.6 Å². The van der Waals surface area contributed by atoms with Gasteiger partial charge in [0, 0.05) is 12.1 Å². The van der Waals surface area contributed by atoms with Crippen molar-refractivity contribution >= 4 is 16.1 Å². The van der Waals surface area contributed by atoms with E-state index >= 15 is 0 Å². The maximum atomic E-state index is 10.8. The van der Waals surface area contributed by atoms with Gasteiger partial charge >= 0.3 is 0 Å². The maximum absolute atomic E-state index is 10.8. The summed E-state index contributed by atoms with van der Waals surface area (Å²) in [6.07, 6.45) is -8.62. The molecule has 13 heteroatoms. The van der Waals surface area contributed by atoms with Crippen molar-refractivity contribution in [2.75, 3.05) is 6.61 Å². The van der Waals surface area contributed by atoms with E-state index in [9.17, 15) is 33.3 Å². The molecule has 0 amide bonds. The van der Waals surface area contributed by atoms with Gasteiger partial charge in [0.2, 0.25) is 16.7 Å². The molecule has 1 saturated heterocycles. The molecular formula is C12H14NO11S-. The SMILES string of the molecule is O=[N+]([O-])c1ccc(O[C@H]2O[C@H](CO)[C@@H](O)[C@H](O)[C@H]2OS(=O)(=O)[O-])cc1.